The molecule has 0 aromatic heterocycles. The Kier molecular flexibility index (Phi) is 1.89. The molecule has 2 aromatic carbocycles. The zero-order chi connectivity index (χ0) is 9.42. The first-order valence-corrected chi connectivity index (χ1v) is 4.51. The van der Waals surface area contributed by atoms with Gasteiger partial charge < -0.3 is 5.73 Å². The second kappa shape index (κ2) is 2.93. The molecule has 0 fully saturated rings. The molecular weight excluding hydrogens is 182 g/mol. The molecular formula is C11H10ClN. The molecule has 0 aliphatic carbocycles. The highest BCUT2D eigenvalue weighted by molar-refractivity contribution is 6.36. The first-order valence-electron chi connectivity index (χ1n) is 4.13. The fourth-order valence-corrected chi connectivity index (χ4v) is 1.75. The lowest BCUT2D eigenvalue weighted by Gasteiger charge is -2.06. The van der Waals surface area contributed by atoms with Crippen LogP contribution in [0.1, 0.15) is 5.56 Å². The van der Waals surface area contributed by atoms with Crippen LogP contribution in [0.4, 0.5) is 5.69 Å². The summed E-state index contributed by atoms with van der Waals surface area (Å²) in [6, 6.07) is 9.84. The van der Waals surface area contributed by atoms with E-state index in [2.05, 4.69) is 0 Å². The number of anilines is 1. The quantitative estimate of drug-likeness (QED) is 0.635. The van der Waals surface area contributed by atoms with Gasteiger partial charge in [-0.15, -0.1) is 0 Å². The molecule has 0 unspecified atom stereocenters. The summed E-state index contributed by atoms with van der Waals surface area (Å²) in [5.41, 5.74) is 7.79. The van der Waals surface area contributed by atoms with Gasteiger partial charge in [0.15, 0.2) is 0 Å². The molecule has 66 valence electrons. The summed E-state index contributed by atoms with van der Waals surface area (Å²) >= 11 is 6.05. The van der Waals surface area contributed by atoms with E-state index in [4.69, 9.17) is 17.3 Å². The van der Waals surface area contributed by atoms with E-state index in [0.717, 1.165) is 27.0 Å². The van der Waals surface area contributed by atoms with Gasteiger partial charge in [0.05, 0.1) is 5.02 Å². The lowest BCUT2D eigenvalue weighted by molar-refractivity contribution is 1.50. The summed E-state index contributed by atoms with van der Waals surface area (Å²) in [5, 5.41) is 2.78. The van der Waals surface area contributed by atoms with Gasteiger partial charge in [0.2, 0.25) is 0 Å². The molecule has 1 nitrogen and oxygen atoms in total. The van der Waals surface area contributed by atoms with Gasteiger partial charge in [-0.25, -0.2) is 0 Å². The standard InChI is InChI=1S/C11H10ClN/c1-7-5-6-8-3-2-4-9(12)10(8)11(7)13/h2-6H,13H2,1H3. The lowest BCUT2D eigenvalue weighted by atomic mass is 10.1. The predicted octanol–water partition coefficient (Wildman–Crippen LogP) is 3.38. The summed E-state index contributed by atoms with van der Waals surface area (Å²) in [5.74, 6) is 0. The van der Waals surface area contributed by atoms with Gasteiger partial charge in [0, 0.05) is 11.1 Å². The highest BCUT2D eigenvalue weighted by Crippen LogP contribution is 2.30. The molecule has 0 bridgehead atoms. The van der Waals surface area contributed by atoms with Crippen LogP contribution in [0, 0.1) is 6.92 Å². The average Bonchev–Trinajstić information content (AvgIpc) is 2.12. The smallest absolute Gasteiger partial charge is 0.0505 e. The molecule has 0 radical (unpaired) electrons. The van der Waals surface area contributed by atoms with Gasteiger partial charge in [0.25, 0.3) is 0 Å². The van der Waals surface area contributed by atoms with Crippen LogP contribution in [0.3, 0.4) is 0 Å². The topological polar surface area (TPSA) is 26.0 Å². The highest BCUT2D eigenvalue weighted by atomic mass is 35.5. The first-order chi connectivity index (χ1) is 6.20. The van der Waals surface area contributed by atoms with Crippen molar-refractivity contribution in [1.29, 1.82) is 0 Å². The Balaban J connectivity index is 2.97. The van der Waals surface area contributed by atoms with Crippen LogP contribution in [0.15, 0.2) is 30.3 Å². The SMILES string of the molecule is Cc1ccc2cccc(Cl)c2c1N. The molecule has 0 aliphatic rings. The van der Waals surface area contributed by atoms with Crippen molar-refractivity contribution in [3.8, 4) is 0 Å². The van der Waals surface area contributed by atoms with E-state index in [1.54, 1.807) is 0 Å². The van der Waals surface area contributed by atoms with Crippen molar-refractivity contribution < 1.29 is 0 Å². The fourth-order valence-electron chi connectivity index (χ4n) is 1.47. The van der Waals surface area contributed by atoms with Gasteiger partial charge in [-0.1, -0.05) is 35.9 Å². The third-order valence-electron chi connectivity index (χ3n) is 2.25. The van der Waals surface area contributed by atoms with Crippen LogP contribution in [0.5, 0.6) is 0 Å². The third-order valence-corrected chi connectivity index (χ3v) is 2.57. The summed E-state index contributed by atoms with van der Waals surface area (Å²) in [6.45, 7) is 1.98. The first kappa shape index (κ1) is 8.39. The molecule has 0 aliphatic heterocycles. The van der Waals surface area contributed by atoms with Gasteiger partial charge in [0.1, 0.15) is 0 Å². The number of aryl methyl sites for hydroxylation is 1. The second-order valence-electron chi connectivity index (χ2n) is 3.13. The predicted molar refractivity (Wildman–Crippen MR) is 58.1 cm³/mol. The zero-order valence-corrected chi connectivity index (χ0v) is 8.10. The molecule has 0 amide bonds. The normalized spacial score (nSPS) is 10.6. The van der Waals surface area contributed by atoms with Crippen molar-refractivity contribution in [2.45, 2.75) is 6.92 Å². The maximum absolute atomic E-state index is 6.05. The van der Waals surface area contributed by atoms with E-state index in [9.17, 15) is 0 Å². The molecule has 13 heavy (non-hydrogen) atoms. The molecule has 2 N–H and O–H groups in total. The summed E-state index contributed by atoms with van der Waals surface area (Å²) < 4.78 is 0. The maximum Gasteiger partial charge on any atom is 0.0505 e. The Bertz CT molecular complexity index is 463. The van der Waals surface area contributed by atoms with Gasteiger partial charge in [-0.2, -0.15) is 0 Å². The molecule has 2 aromatic rings. The molecule has 0 spiro atoms. The Labute approximate surface area is 82.1 Å². The summed E-state index contributed by atoms with van der Waals surface area (Å²) in [6.07, 6.45) is 0. The maximum atomic E-state index is 6.05. The monoisotopic (exact) mass is 191 g/mol. The number of halogens is 1. The van der Waals surface area contributed by atoms with Crippen LogP contribution in [-0.2, 0) is 0 Å². The number of fused-ring (bicyclic) bond motifs is 1. The lowest BCUT2D eigenvalue weighted by Crippen LogP contribution is -1.91. The molecule has 2 heteroatoms. The Morgan fingerprint density at radius 2 is 1.92 bits per heavy atom. The minimum absolute atomic E-state index is 0.721. The van der Waals surface area contributed by atoms with E-state index in [-0.39, 0.29) is 0 Å². The molecule has 2 rings (SSSR count). The number of rotatable bonds is 0. The summed E-state index contributed by atoms with van der Waals surface area (Å²) in [4.78, 5) is 0. The second-order valence-corrected chi connectivity index (χ2v) is 3.54. The van der Waals surface area contributed by atoms with Crippen LogP contribution in [0.2, 0.25) is 5.02 Å². The number of hydrogen-bond donors (Lipinski definition) is 1. The van der Waals surface area contributed by atoms with Crippen molar-refractivity contribution in [3.63, 3.8) is 0 Å². The van der Waals surface area contributed by atoms with Crippen molar-refractivity contribution in [1.82, 2.24) is 0 Å². The number of hydrogen-bond acceptors (Lipinski definition) is 1. The minimum Gasteiger partial charge on any atom is -0.398 e. The molecule has 0 saturated heterocycles. The number of nitrogen functional groups attached to an aromatic ring is 1. The van der Waals surface area contributed by atoms with E-state index in [0.29, 0.717) is 0 Å². The highest BCUT2D eigenvalue weighted by Gasteiger charge is 2.03. The minimum atomic E-state index is 0.721. The summed E-state index contributed by atoms with van der Waals surface area (Å²) in [7, 11) is 0. The van der Waals surface area contributed by atoms with E-state index in [1.807, 2.05) is 37.3 Å². The van der Waals surface area contributed by atoms with Gasteiger partial charge in [-0.05, 0) is 23.9 Å². The van der Waals surface area contributed by atoms with E-state index >= 15 is 0 Å². The van der Waals surface area contributed by atoms with Crippen LogP contribution in [-0.4, -0.2) is 0 Å². The van der Waals surface area contributed by atoms with Crippen molar-refractivity contribution in [2.75, 3.05) is 5.73 Å². The molecule has 0 atom stereocenters. The van der Waals surface area contributed by atoms with Gasteiger partial charge in [-0.3, -0.25) is 0 Å². The van der Waals surface area contributed by atoms with Crippen molar-refractivity contribution in [2.24, 2.45) is 0 Å². The Morgan fingerprint density at radius 3 is 2.69 bits per heavy atom. The Morgan fingerprint density at radius 1 is 1.15 bits per heavy atom. The number of benzene rings is 2. The van der Waals surface area contributed by atoms with E-state index < -0.39 is 0 Å². The Hall–Kier alpha value is -1.21. The van der Waals surface area contributed by atoms with Crippen molar-refractivity contribution >= 4 is 28.1 Å². The fraction of sp³-hybridized carbons (Fsp3) is 0.0909. The van der Waals surface area contributed by atoms with Crippen LogP contribution >= 0.6 is 11.6 Å². The average molecular weight is 192 g/mol. The third kappa shape index (κ3) is 1.25. The van der Waals surface area contributed by atoms with E-state index in [1.165, 1.54) is 0 Å². The van der Waals surface area contributed by atoms with Crippen LogP contribution < -0.4 is 5.73 Å². The number of nitrogens with two attached hydrogens (primary N) is 1. The van der Waals surface area contributed by atoms with Crippen LogP contribution in [0.25, 0.3) is 10.8 Å². The largest absolute Gasteiger partial charge is 0.398 e. The van der Waals surface area contributed by atoms with Crippen molar-refractivity contribution in [3.05, 3.63) is 40.9 Å². The molecule has 0 saturated carbocycles. The molecule has 0 heterocycles. The zero-order valence-electron chi connectivity index (χ0n) is 7.34. The van der Waals surface area contributed by atoms with Gasteiger partial charge >= 0.3 is 0 Å².